The summed E-state index contributed by atoms with van der Waals surface area (Å²) in [6.07, 6.45) is 4.58. The second kappa shape index (κ2) is 4.68. The molecule has 0 amide bonds. The van der Waals surface area contributed by atoms with Gasteiger partial charge in [-0.1, -0.05) is 17.2 Å². The average Bonchev–Trinajstić information content (AvgIpc) is 3.18. The highest BCUT2D eigenvalue weighted by Crippen LogP contribution is 2.38. The molecule has 0 aromatic carbocycles. The third-order valence-corrected chi connectivity index (χ3v) is 4.48. The van der Waals surface area contributed by atoms with Crippen LogP contribution in [0.4, 0.5) is 5.95 Å². The summed E-state index contributed by atoms with van der Waals surface area (Å²) < 4.78 is 1.86. The maximum absolute atomic E-state index is 4.20. The van der Waals surface area contributed by atoms with Gasteiger partial charge in [0.2, 0.25) is 5.95 Å². The summed E-state index contributed by atoms with van der Waals surface area (Å²) in [5, 5.41) is 17.4. The zero-order chi connectivity index (χ0) is 13.4. The summed E-state index contributed by atoms with van der Waals surface area (Å²) in [6, 6.07) is 8.57. The van der Waals surface area contributed by atoms with E-state index in [4.69, 9.17) is 0 Å². The van der Waals surface area contributed by atoms with E-state index in [1.165, 1.54) is 4.88 Å². The van der Waals surface area contributed by atoms with Gasteiger partial charge in [-0.15, -0.1) is 11.3 Å². The molecule has 6 nitrogen and oxygen atoms in total. The fourth-order valence-electron chi connectivity index (χ4n) is 2.56. The van der Waals surface area contributed by atoms with Crippen molar-refractivity contribution in [3.63, 3.8) is 0 Å². The Morgan fingerprint density at radius 3 is 3.10 bits per heavy atom. The maximum atomic E-state index is 4.20. The number of nitrogens with zero attached hydrogens (tertiary/aromatic N) is 5. The molecule has 1 N–H and O–H groups in total. The third-order valence-electron chi connectivity index (χ3n) is 3.51. The number of nitrogens with one attached hydrogen (secondary N) is 1. The highest BCUT2D eigenvalue weighted by Gasteiger charge is 2.31. The standard InChI is InChI=1S/C13H12N6S/c1-3-9(8-14-5-1)10-7-11(12-4-2-6-20-12)19-13(15-10)16-17-18-19/h1-6,8,10-11H,7H2,(H,15,16,18)/t10-,11+/m0/s1. The van der Waals surface area contributed by atoms with Crippen molar-refractivity contribution in [2.24, 2.45) is 0 Å². The molecule has 1 aliphatic rings. The first kappa shape index (κ1) is 11.5. The van der Waals surface area contributed by atoms with E-state index in [-0.39, 0.29) is 12.1 Å². The average molecular weight is 284 g/mol. The highest BCUT2D eigenvalue weighted by molar-refractivity contribution is 7.10. The molecule has 0 spiro atoms. The van der Waals surface area contributed by atoms with Crippen LogP contribution in [0.5, 0.6) is 0 Å². The summed E-state index contributed by atoms with van der Waals surface area (Å²) in [4.78, 5) is 5.47. The Morgan fingerprint density at radius 2 is 2.30 bits per heavy atom. The summed E-state index contributed by atoms with van der Waals surface area (Å²) in [5.74, 6) is 0.712. The second-order valence-corrected chi connectivity index (χ2v) is 5.68. The third kappa shape index (κ3) is 1.87. The number of thiophene rings is 1. The molecule has 1 aliphatic heterocycles. The van der Waals surface area contributed by atoms with Crippen molar-refractivity contribution < 1.29 is 0 Å². The first-order valence-electron chi connectivity index (χ1n) is 6.39. The molecule has 20 heavy (non-hydrogen) atoms. The van der Waals surface area contributed by atoms with Crippen LogP contribution >= 0.6 is 11.3 Å². The van der Waals surface area contributed by atoms with Crippen molar-refractivity contribution in [2.45, 2.75) is 18.5 Å². The zero-order valence-corrected chi connectivity index (χ0v) is 11.4. The molecule has 2 atom stereocenters. The van der Waals surface area contributed by atoms with E-state index in [1.54, 1.807) is 17.5 Å². The Hall–Kier alpha value is -2.28. The van der Waals surface area contributed by atoms with E-state index in [9.17, 15) is 0 Å². The minimum absolute atomic E-state index is 0.173. The topological polar surface area (TPSA) is 68.5 Å². The molecule has 0 saturated carbocycles. The van der Waals surface area contributed by atoms with Gasteiger partial charge >= 0.3 is 0 Å². The lowest BCUT2D eigenvalue weighted by Crippen LogP contribution is -2.27. The molecule has 0 fully saturated rings. The Morgan fingerprint density at radius 1 is 1.30 bits per heavy atom. The molecule has 3 aromatic heterocycles. The molecule has 0 unspecified atom stereocenters. The van der Waals surface area contributed by atoms with Crippen molar-refractivity contribution in [1.29, 1.82) is 0 Å². The van der Waals surface area contributed by atoms with Gasteiger partial charge in [0.25, 0.3) is 0 Å². The number of aromatic nitrogens is 5. The van der Waals surface area contributed by atoms with Gasteiger partial charge in [0.1, 0.15) is 0 Å². The molecular formula is C13H12N6S. The van der Waals surface area contributed by atoms with Gasteiger partial charge in [0, 0.05) is 17.3 Å². The number of pyridine rings is 1. The lowest BCUT2D eigenvalue weighted by atomic mass is 9.98. The van der Waals surface area contributed by atoms with Crippen LogP contribution in [-0.4, -0.2) is 25.2 Å². The van der Waals surface area contributed by atoms with Gasteiger partial charge in [0.05, 0.1) is 12.1 Å². The van der Waals surface area contributed by atoms with Gasteiger partial charge in [0.15, 0.2) is 0 Å². The quantitative estimate of drug-likeness (QED) is 0.782. The van der Waals surface area contributed by atoms with E-state index in [0.717, 1.165) is 12.0 Å². The van der Waals surface area contributed by atoms with Gasteiger partial charge in [-0.3, -0.25) is 4.98 Å². The molecule has 0 radical (unpaired) electrons. The SMILES string of the molecule is c1cncc([C@@H]2C[C@H](c3cccs3)n3nnnc3N2)c1. The van der Waals surface area contributed by atoms with Crippen LogP contribution in [0.3, 0.4) is 0 Å². The molecule has 7 heteroatoms. The van der Waals surface area contributed by atoms with Crippen LogP contribution in [0, 0.1) is 0 Å². The fourth-order valence-corrected chi connectivity index (χ4v) is 3.38. The summed E-state index contributed by atoms with van der Waals surface area (Å²) in [7, 11) is 0. The van der Waals surface area contributed by atoms with Crippen LogP contribution in [0.1, 0.15) is 28.9 Å². The smallest absolute Gasteiger partial charge is 0.244 e. The van der Waals surface area contributed by atoms with E-state index in [0.29, 0.717) is 5.95 Å². The molecule has 3 aromatic rings. The van der Waals surface area contributed by atoms with E-state index < -0.39 is 0 Å². The van der Waals surface area contributed by atoms with Crippen molar-refractivity contribution in [2.75, 3.05) is 5.32 Å². The number of tetrazole rings is 1. The van der Waals surface area contributed by atoms with Crippen LogP contribution < -0.4 is 5.32 Å². The normalized spacial score (nSPS) is 21.2. The van der Waals surface area contributed by atoms with E-state index in [1.807, 2.05) is 16.9 Å². The fraction of sp³-hybridized carbons (Fsp3) is 0.231. The molecule has 4 heterocycles. The van der Waals surface area contributed by atoms with Crippen molar-refractivity contribution in [3.8, 4) is 0 Å². The predicted octanol–water partition coefficient (Wildman–Crippen LogP) is 2.28. The van der Waals surface area contributed by atoms with Crippen molar-refractivity contribution in [3.05, 3.63) is 52.5 Å². The Bertz CT molecular complexity index is 693. The number of hydrogen-bond acceptors (Lipinski definition) is 6. The largest absolute Gasteiger partial charge is 0.346 e. The number of rotatable bonds is 2. The molecule has 100 valence electrons. The maximum Gasteiger partial charge on any atom is 0.244 e. The number of fused-ring (bicyclic) bond motifs is 1. The summed E-state index contributed by atoms with van der Waals surface area (Å²) in [6.45, 7) is 0. The van der Waals surface area contributed by atoms with Crippen LogP contribution in [0.25, 0.3) is 0 Å². The minimum Gasteiger partial charge on any atom is -0.346 e. The van der Waals surface area contributed by atoms with Crippen LogP contribution in [0.15, 0.2) is 42.0 Å². The highest BCUT2D eigenvalue weighted by atomic mass is 32.1. The Labute approximate surface area is 119 Å². The van der Waals surface area contributed by atoms with Crippen molar-refractivity contribution in [1.82, 2.24) is 25.2 Å². The first-order valence-corrected chi connectivity index (χ1v) is 7.27. The summed E-state index contributed by atoms with van der Waals surface area (Å²) in [5.41, 5.74) is 1.16. The van der Waals surface area contributed by atoms with Gasteiger partial charge in [-0.25, -0.2) is 4.68 Å². The zero-order valence-electron chi connectivity index (χ0n) is 10.5. The summed E-state index contributed by atoms with van der Waals surface area (Å²) >= 11 is 1.73. The predicted molar refractivity (Wildman–Crippen MR) is 75.5 cm³/mol. The first-order chi connectivity index (χ1) is 9.92. The van der Waals surface area contributed by atoms with Crippen molar-refractivity contribution >= 4 is 17.3 Å². The number of hydrogen-bond donors (Lipinski definition) is 1. The minimum atomic E-state index is 0.173. The lowest BCUT2D eigenvalue weighted by Gasteiger charge is -2.30. The molecule has 0 bridgehead atoms. The van der Waals surface area contributed by atoms with Crippen LogP contribution in [-0.2, 0) is 0 Å². The lowest BCUT2D eigenvalue weighted by molar-refractivity contribution is 0.428. The van der Waals surface area contributed by atoms with Gasteiger partial charge in [-0.05, 0) is 39.9 Å². The Kier molecular flexibility index (Phi) is 2.70. The monoisotopic (exact) mass is 284 g/mol. The molecule has 0 saturated heterocycles. The second-order valence-electron chi connectivity index (χ2n) is 4.70. The van der Waals surface area contributed by atoms with Gasteiger partial charge in [-0.2, -0.15) is 0 Å². The Balaban J connectivity index is 1.74. The van der Waals surface area contributed by atoms with Gasteiger partial charge < -0.3 is 5.32 Å². The number of anilines is 1. The van der Waals surface area contributed by atoms with E-state index in [2.05, 4.69) is 49.4 Å². The molecular weight excluding hydrogens is 272 g/mol. The van der Waals surface area contributed by atoms with Crippen LogP contribution in [0.2, 0.25) is 0 Å². The van der Waals surface area contributed by atoms with E-state index >= 15 is 0 Å². The molecule has 4 rings (SSSR count). The molecule has 0 aliphatic carbocycles.